The third-order valence-electron chi connectivity index (χ3n) is 1.77. The number of hydrogen-bond donors (Lipinski definition) is 1. The predicted octanol–water partition coefficient (Wildman–Crippen LogP) is 3.15. The molecule has 0 saturated carbocycles. The summed E-state index contributed by atoms with van der Waals surface area (Å²) in [5, 5.41) is 10.7. The van der Waals surface area contributed by atoms with E-state index in [1.807, 2.05) is 18.2 Å². The number of pyridine rings is 1. The topological polar surface area (TPSA) is 33.1 Å². The molecule has 2 aromatic rings. The van der Waals surface area contributed by atoms with Crippen molar-refractivity contribution in [1.29, 1.82) is 0 Å². The molecule has 66 valence electrons. The minimum atomic E-state index is 0.275. The quantitative estimate of drug-likeness (QED) is 0.697. The summed E-state index contributed by atoms with van der Waals surface area (Å²) >= 11 is 4.35. The predicted molar refractivity (Wildman–Crippen MR) is 68.8 cm³/mol. The maximum absolute atomic E-state index is 9.71. The number of aromatic hydroxyl groups is 1. The molecule has 13 heavy (non-hydrogen) atoms. The van der Waals surface area contributed by atoms with Gasteiger partial charge < -0.3 is 5.11 Å². The van der Waals surface area contributed by atoms with Gasteiger partial charge in [-0.05, 0) is 57.3 Å². The van der Waals surface area contributed by atoms with Gasteiger partial charge in [-0.15, -0.1) is 0 Å². The van der Waals surface area contributed by atoms with Gasteiger partial charge in [-0.1, -0.05) is 6.07 Å². The van der Waals surface area contributed by atoms with E-state index in [1.165, 1.54) is 0 Å². The van der Waals surface area contributed by atoms with E-state index in [2.05, 4.69) is 50.2 Å². The zero-order valence-corrected chi connectivity index (χ0v) is 10.8. The van der Waals surface area contributed by atoms with Crippen LogP contribution in [0.15, 0.2) is 24.4 Å². The van der Waals surface area contributed by atoms with Crippen LogP contribution >= 0.6 is 45.2 Å². The largest absolute Gasteiger partial charge is 0.505 e. The molecule has 1 aromatic heterocycles. The molecule has 0 aliphatic rings. The summed E-state index contributed by atoms with van der Waals surface area (Å²) in [5.74, 6) is 0.275. The van der Waals surface area contributed by atoms with Crippen LogP contribution in [0.1, 0.15) is 0 Å². The second-order valence-electron chi connectivity index (χ2n) is 2.59. The Kier molecular flexibility index (Phi) is 2.59. The molecule has 0 atom stereocenters. The minimum Gasteiger partial charge on any atom is -0.505 e. The van der Waals surface area contributed by atoms with Crippen LogP contribution in [0.25, 0.3) is 10.9 Å². The van der Waals surface area contributed by atoms with Gasteiger partial charge in [0.1, 0.15) is 5.52 Å². The van der Waals surface area contributed by atoms with Crippen molar-refractivity contribution < 1.29 is 5.11 Å². The zero-order chi connectivity index (χ0) is 9.42. The molecule has 0 amide bonds. The van der Waals surface area contributed by atoms with Gasteiger partial charge >= 0.3 is 0 Å². The number of phenolic OH excluding ortho intramolecular Hbond substituents is 1. The molecule has 1 heterocycles. The lowest BCUT2D eigenvalue weighted by Gasteiger charge is -2.03. The Morgan fingerprint density at radius 3 is 3.00 bits per heavy atom. The van der Waals surface area contributed by atoms with Crippen LogP contribution in [0.4, 0.5) is 0 Å². The molecule has 1 N–H and O–H groups in total. The summed E-state index contributed by atoms with van der Waals surface area (Å²) in [6.07, 6.45) is 1.69. The summed E-state index contributed by atoms with van der Waals surface area (Å²) in [7, 11) is 0. The minimum absolute atomic E-state index is 0.275. The van der Waals surface area contributed by atoms with E-state index in [9.17, 15) is 5.11 Å². The molecule has 0 unspecified atom stereocenters. The summed E-state index contributed by atoms with van der Waals surface area (Å²) in [6, 6.07) is 5.77. The van der Waals surface area contributed by atoms with Crippen molar-refractivity contribution in [2.24, 2.45) is 0 Å². The Balaban J connectivity index is 2.97. The lowest BCUT2D eigenvalue weighted by atomic mass is 10.2. The highest BCUT2D eigenvalue weighted by molar-refractivity contribution is 14.1. The number of benzene rings is 1. The first-order valence-corrected chi connectivity index (χ1v) is 5.77. The van der Waals surface area contributed by atoms with Gasteiger partial charge in [0.05, 0.1) is 3.57 Å². The Hall–Kier alpha value is -0.110. The van der Waals surface area contributed by atoms with Gasteiger partial charge in [0.15, 0.2) is 5.75 Å². The molecular weight excluding hydrogens is 389 g/mol. The monoisotopic (exact) mass is 394 g/mol. The van der Waals surface area contributed by atoms with Gasteiger partial charge in [-0.25, -0.2) is 0 Å². The van der Waals surface area contributed by atoms with Crippen LogP contribution < -0.4 is 0 Å². The lowest BCUT2D eigenvalue weighted by molar-refractivity contribution is 0.476. The second-order valence-corrected chi connectivity index (χ2v) is 4.91. The van der Waals surface area contributed by atoms with Crippen LogP contribution in [-0.4, -0.2) is 10.1 Å². The molecular formula is C9H5I2NO. The first-order chi connectivity index (χ1) is 6.20. The Morgan fingerprint density at radius 1 is 1.46 bits per heavy atom. The average molecular weight is 394 g/mol. The highest BCUT2D eigenvalue weighted by Gasteiger charge is 2.07. The second kappa shape index (κ2) is 3.56. The first-order valence-electron chi connectivity index (χ1n) is 3.62. The molecule has 0 aliphatic carbocycles. The van der Waals surface area contributed by atoms with Gasteiger partial charge in [0, 0.05) is 15.2 Å². The fourth-order valence-electron chi connectivity index (χ4n) is 1.16. The van der Waals surface area contributed by atoms with Crippen molar-refractivity contribution in [1.82, 2.24) is 4.98 Å². The molecule has 0 aliphatic heterocycles. The standard InChI is InChI=1S/C9H5I2NO/c10-6-4-7(11)9(13)8-5(6)2-1-3-12-8/h1-4,13H/i11-3. The van der Waals surface area contributed by atoms with Crippen molar-refractivity contribution in [2.45, 2.75) is 0 Å². The number of rotatable bonds is 0. The van der Waals surface area contributed by atoms with Crippen LogP contribution in [0, 0.1) is 7.14 Å². The number of aromatic nitrogens is 1. The van der Waals surface area contributed by atoms with Crippen LogP contribution in [0.5, 0.6) is 5.75 Å². The molecule has 2 nitrogen and oxygen atoms in total. The van der Waals surface area contributed by atoms with E-state index in [1.54, 1.807) is 6.20 Å². The fourth-order valence-corrected chi connectivity index (χ4v) is 3.07. The number of fused-ring (bicyclic) bond motifs is 1. The maximum atomic E-state index is 9.71. The van der Waals surface area contributed by atoms with Crippen LogP contribution in [-0.2, 0) is 0 Å². The number of halogens is 2. The van der Waals surface area contributed by atoms with Gasteiger partial charge in [0.2, 0.25) is 0 Å². The summed E-state index contributed by atoms with van der Waals surface area (Å²) < 4.78 is 1.95. The number of nitrogens with zero attached hydrogens (tertiary/aromatic N) is 1. The Labute approximate surface area is 103 Å². The van der Waals surface area contributed by atoms with E-state index in [0.717, 1.165) is 12.5 Å². The van der Waals surface area contributed by atoms with Crippen LogP contribution in [0.2, 0.25) is 0 Å². The normalized spacial score (nSPS) is 10.6. The summed E-state index contributed by atoms with van der Waals surface area (Å²) in [6.45, 7) is 0. The Bertz CT molecular complexity index is 470. The van der Waals surface area contributed by atoms with Crippen molar-refractivity contribution in [2.75, 3.05) is 0 Å². The number of hydrogen-bond acceptors (Lipinski definition) is 2. The lowest BCUT2D eigenvalue weighted by Crippen LogP contribution is -1.85. The SMILES string of the molecule is Oc1c([124I])cc(I)c2cccnc12. The van der Waals surface area contributed by atoms with E-state index < -0.39 is 0 Å². The van der Waals surface area contributed by atoms with Gasteiger partial charge in [-0.3, -0.25) is 4.98 Å². The first kappa shape index (κ1) is 9.45. The molecule has 0 bridgehead atoms. The molecule has 0 spiro atoms. The van der Waals surface area contributed by atoms with Crippen molar-refractivity contribution >= 4 is 56.1 Å². The third-order valence-corrected chi connectivity index (χ3v) is 3.48. The highest BCUT2D eigenvalue weighted by Crippen LogP contribution is 2.31. The Morgan fingerprint density at radius 2 is 2.23 bits per heavy atom. The van der Waals surface area contributed by atoms with E-state index >= 15 is 0 Å². The van der Waals surface area contributed by atoms with Crippen LogP contribution in [0.3, 0.4) is 0 Å². The molecule has 0 radical (unpaired) electrons. The summed E-state index contributed by atoms with van der Waals surface area (Å²) in [5.41, 5.74) is 0.679. The molecule has 0 fully saturated rings. The summed E-state index contributed by atoms with van der Waals surface area (Å²) in [4.78, 5) is 4.14. The maximum Gasteiger partial charge on any atom is 0.155 e. The van der Waals surface area contributed by atoms with Gasteiger partial charge in [-0.2, -0.15) is 0 Å². The average Bonchev–Trinajstić information content (AvgIpc) is 2.15. The number of phenols is 1. The van der Waals surface area contributed by atoms with Crippen molar-refractivity contribution in [3.63, 3.8) is 0 Å². The third kappa shape index (κ3) is 1.61. The molecule has 4 heteroatoms. The smallest absolute Gasteiger partial charge is 0.155 e. The molecule has 1 aromatic carbocycles. The fraction of sp³-hybridized carbons (Fsp3) is 0. The van der Waals surface area contributed by atoms with Crippen molar-refractivity contribution in [3.8, 4) is 5.75 Å². The van der Waals surface area contributed by atoms with E-state index in [0.29, 0.717) is 5.52 Å². The van der Waals surface area contributed by atoms with E-state index in [4.69, 9.17) is 0 Å². The zero-order valence-electron chi connectivity index (χ0n) is 6.46. The van der Waals surface area contributed by atoms with Gasteiger partial charge in [0.25, 0.3) is 0 Å². The molecule has 0 saturated heterocycles. The highest BCUT2D eigenvalue weighted by atomic mass is 127. The van der Waals surface area contributed by atoms with E-state index in [-0.39, 0.29) is 5.75 Å². The molecule has 2 rings (SSSR count). The van der Waals surface area contributed by atoms with Crippen molar-refractivity contribution in [3.05, 3.63) is 31.5 Å².